The van der Waals surface area contributed by atoms with Crippen molar-refractivity contribution < 1.29 is 24.2 Å². The number of carbonyl (C=O) groups excluding carboxylic acids is 2. The molecule has 2 N–H and O–H groups in total. The number of ether oxygens (including phenoxy) is 1. The van der Waals surface area contributed by atoms with Crippen molar-refractivity contribution in [1.82, 2.24) is 10.2 Å². The Bertz CT molecular complexity index is 1190. The minimum atomic E-state index is -1.08. The number of nitrogens with zero attached hydrogens (tertiary/aromatic N) is 1. The van der Waals surface area contributed by atoms with Crippen LogP contribution in [0.5, 0.6) is 0 Å². The van der Waals surface area contributed by atoms with E-state index in [0.29, 0.717) is 17.3 Å². The fraction of sp³-hybridized carbons (Fsp3) is 0.296. The van der Waals surface area contributed by atoms with Crippen LogP contribution in [0.2, 0.25) is 0 Å². The predicted molar refractivity (Wildman–Crippen MR) is 132 cm³/mol. The first-order valence-corrected chi connectivity index (χ1v) is 12.5. The van der Waals surface area contributed by atoms with Gasteiger partial charge in [-0.2, -0.15) is 0 Å². The molecule has 1 heterocycles. The lowest BCUT2D eigenvalue weighted by Gasteiger charge is -2.26. The van der Waals surface area contributed by atoms with Crippen molar-refractivity contribution in [2.75, 3.05) is 19.7 Å². The molecule has 180 valence electrons. The van der Waals surface area contributed by atoms with Gasteiger partial charge in [0.15, 0.2) is 0 Å². The molecular formula is C27H26N2O5S. The number of hydrogen-bond acceptors (Lipinski definition) is 5. The lowest BCUT2D eigenvalue weighted by molar-refractivity contribution is -0.145. The van der Waals surface area contributed by atoms with Crippen LogP contribution in [0.25, 0.3) is 11.1 Å². The molecule has 2 aliphatic carbocycles. The summed E-state index contributed by atoms with van der Waals surface area (Å²) in [7, 11) is 0. The van der Waals surface area contributed by atoms with Gasteiger partial charge in [0.2, 0.25) is 0 Å². The number of carbonyl (C=O) groups is 3. The highest BCUT2D eigenvalue weighted by Gasteiger charge is 2.34. The van der Waals surface area contributed by atoms with Gasteiger partial charge in [0, 0.05) is 17.3 Å². The molecule has 7 nitrogen and oxygen atoms in total. The highest BCUT2D eigenvalue weighted by Crippen LogP contribution is 2.44. The molecule has 0 bridgehead atoms. The molecule has 1 atom stereocenters. The van der Waals surface area contributed by atoms with Gasteiger partial charge in [0.1, 0.15) is 19.2 Å². The minimum Gasteiger partial charge on any atom is -0.480 e. The van der Waals surface area contributed by atoms with Crippen LogP contribution in [-0.2, 0) is 14.3 Å². The van der Waals surface area contributed by atoms with Gasteiger partial charge in [0.25, 0.3) is 5.91 Å². The van der Waals surface area contributed by atoms with Gasteiger partial charge >= 0.3 is 12.1 Å². The molecule has 1 saturated carbocycles. The topological polar surface area (TPSA) is 95.9 Å². The van der Waals surface area contributed by atoms with E-state index in [0.717, 1.165) is 35.1 Å². The summed E-state index contributed by atoms with van der Waals surface area (Å²) in [5.74, 6) is -1.29. The molecule has 0 aliphatic heterocycles. The fourth-order valence-corrected chi connectivity index (χ4v) is 5.43. The van der Waals surface area contributed by atoms with Crippen LogP contribution in [0.1, 0.15) is 40.8 Å². The third-order valence-electron chi connectivity index (χ3n) is 6.49. The molecule has 2 aliphatic rings. The van der Waals surface area contributed by atoms with Gasteiger partial charge in [-0.3, -0.25) is 9.59 Å². The summed E-state index contributed by atoms with van der Waals surface area (Å²) in [6.07, 6.45) is 1.25. The number of carboxylic acids is 1. The Kier molecular flexibility index (Phi) is 6.55. The molecule has 1 unspecified atom stereocenters. The second kappa shape index (κ2) is 9.92. The number of rotatable bonds is 9. The summed E-state index contributed by atoms with van der Waals surface area (Å²) in [6, 6.07) is 18.7. The second-order valence-electron chi connectivity index (χ2n) is 8.97. The Morgan fingerprint density at radius 3 is 2.23 bits per heavy atom. The largest absolute Gasteiger partial charge is 0.480 e. The van der Waals surface area contributed by atoms with Crippen LogP contribution >= 0.6 is 11.3 Å². The number of alkyl carbamates (subject to hydrolysis) is 1. The maximum Gasteiger partial charge on any atom is 0.408 e. The lowest BCUT2D eigenvalue weighted by atomic mass is 9.98. The number of hydrogen-bond donors (Lipinski definition) is 2. The Morgan fingerprint density at radius 2 is 1.66 bits per heavy atom. The van der Waals surface area contributed by atoms with E-state index in [-0.39, 0.29) is 12.5 Å². The summed E-state index contributed by atoms with van der Waals surface area (Å²) in [4.78, 5) is 39.6. The normalized spacial score (nSPS) is 15.1. The summed E-state index contributed by atoms with van der Waals surface area (Å²) in [5.41, 5.74) is 4.47. The minimum absolute atomic E-state index is 0.0950. The van der Waals surface area contributed by atoms with Crippen molar-refractivity contribution in [3.63, 3.8) is 0 Å². The number of benzene rings is 2. The van der Waals surface area contributed by atoms with E-state index in [4.69, 9.17) is 4.74 Å². The van der Waals surface area contributed by atoms with Crippen LogP contribution in [0.4, 0.5) is 4.79 Å². The van der Waals surface area contributed by atoms with E-state index in [1.54, 1.807) is 12.1 Å². The van der Waals surface area contributed by atoms with Crippen LogP contribution in [0, 0.1) is 5.92 Å². The van der Waals surface area contributed by atoms with E-state index in [1.165, 1.54) is 16.2 Å². The first-order chi connectivity index (χ1) is 17.0. The zero-order valence-electron chi connectivity index (χ0n) is 19.1. The monoisotopic (exact) mass is 490 g/mol. The van der Waals surface area contributed by atoms with Gasteiger partial charge in [-0.05, 0) is 52.5 Å². The maximum atomic E-state index is 13.4. The van der Waals surface area contributed by atoms with E-state index in [9.17, 15) is 19.5 Å². The highest BCUT2D eigenvalue weighted by atomic mass is 32.1. The molecule has 3 aromatic rings. The van der Waals surface area contributed by atoms with E-state index in [2.05, 4.69) is 17.4 Å². The molecule has 2 amide bonds. The van der Waals surface area contributed by atoms with Crippen molar-refractivity contribution in [1.29, 1.82) is 0 Å². The van der Waals surface area contributed by atoms with Gasteiger partial charge in [0.05, 0.1) is 0 Å². The zero-order chi connectivity index (χ0) is 24.4. The average molecular weight is 491 g/mol. The smallest absolute Gasteiger partial charge is 0.408 e. The summed E-state index contributed by atoms with van der Waals surface area (Å²) < 4.78 is 5.64. The molecule has 2 aromatic carbocycles. The number of carboxylic acid groups (broad SMARTS) is 1. The van der Waals surface area contributed by atoms with E-state index in [1.807, 2.05) is 41.8 Å². The van der Waals surface area contributed by atoms with E-state index >= 15 is 0 Å². The van der Waals surface area contributed by atoms with Crippen molar-refractivity contribution in [2.24, 2.45) is 5.92 Å². The summed E-state index contributed by atoms with van der Waals surface area (Å²) in [6.45, 7) is 0.106. The van der Waals surface area contributed by atoms with E-state index < -0.39 is 30.6 Å². The van der Waals surface area contributed by atoms with Gasteiger partial charge < -0.3 is 20.1 Å². The van der Waals surface area contributed by atoms with Crippen LogP contribution < -0.4 is 5.32 Å². The Balaban J connectivity index is 1.30. The van der Waals surface area contributed by atoms with Crippen LogP contribution in [0.15, 0.2) is 66.0 Å². The number of nitrogens with one attached hydrogen (secondary N) is 1. The van der Waals surface area contributed by atoms with Crippen molar-refractivity contribution in [3.8, 4) is 11.1 Å². The van der Waals surface area contributed by atoms with Gasteiger partial charge in [-0.1, -0.05) is 54.6 Å². The first kappa shape index (κ1) is 23.1. The van der Waals surface area contributed by atoms with Crippen molar-refractivity contribution in [3.05, 3.63) is 82.0 Å². The van der Waals surface area contributed by atoms with Gasteiger partial charge in [-0.25, -0.2) is 4.79 Å². The molecule has 1 fully saturated rings. The molecule has 5 rings (SSSR count). The molecule has 1 aromatic heterocycles. The molecule has 0 saturated heterocycles. The third kappa shape index (κ3) is 5.07. The Labute approximate surface area is 207 Å². The molecule has 8 heteroatoms. The first-order valence-electron chi connectivity index (χ1n) is 11.7. The Hall–Kier alpha value is -3.65. The summed E-state index contributed by atoms with van der Waals surface area (Å²) >= 11 is 1.33. The maximum absolute atomic E-state index is 13.4. The second-order valence-corrected chi connectivity index (χ2v) is 9.95. The zero-order valence-corrected chi connectivity index (χ0v) is 19.9. The van der Waals surface area contributed by atoms with Crippen molar-refractivity contribution in [2.45, 2.75) is 24.8 Å². The average Bonchev–Trinajstić information content (AvgIpc) is 3.39. The van der Waals surface area contributed by atoms with Gasteiger partial charge in [-0.15, -0.1) is 11.3 Å². The van der Waals surface area contributed by atoms with Crippen molar-refractivity contribution >= 4 is 29.3 Å². The SMILES string of the molecule is O=C(O)CN(CC1CC1)C(=O)C(NC(=O)OCC1c2ccccc2-c2ccccc21)c1cccs1. The lowest BCUT2D eigenvalue weighted by Crippen LogP contribution is -2.45. The van der Waals surface area contributed by atoms with Crippen LogP contribution in [-0.4, -0.2) is 47.7 Å². The highest BCUT2D eigenvalue weighted by molar-refractivity contribution is 7.10. The quantitative estimate of drug-likeness (QED) is 0.455. The number of fused-ring (bicyclic) bond motifs is 3. The number of thiophene rings is 1. The fourth-order valence-electron chi connectivity index (χ4n) is 4.66. The Morgan fingerprint density at radius 1 is 1.00 bits per heavy atom. The van der Waals surface area contributed by atoms with Crippen LogP contribution in [0.3, 0.4) is 0 Å². The molecule has 0 spiro atoms. The third-order valence-corrected chi connectivity index (χ3v) is 7.43. The number of amides is 2. The standard InChI is InChI=1S/C27H26N2O5S/c30-24(31)15-29(14-17-11-12-17)26(32)25(23-10-5-13-35-23)28-27(33)34-16-22-20-8-3-1-6-18(20)19-7-2-4-9-21(19)22/h1-10,13,17,22,25H,11-12,14-16H2,(H,28,33)(H,30,31). The summed E-state index contributed by atoms with van der Waals surface area (Å²) in [5, 5.41) is 13.8. The molecule has 0 radical (unpaired) electrons. The predicted octanol–water partition coefficient (Wildman–Crippen LogP) is 4.65. The molecular weight excluding hydrogens is 464 g/mol. The molecule has 35 heavy (non-hydrogen) atoms. The number of aliphatic carboxylic acids is 1.